The molecule has 0 bridgehead atoms. The van der Waals surface area contributed by atoms with Gasteiger partial charge in [0.15, 0.2) is 0 Å². The number of nitrogens with zero attached hydrogens (tertiary/aromatic N) is 2. The summed E-state index contributed by atoms with van der Waals surface area (Å²) in [7, 11) is 0. The van der Waals surface area contributed by atoms with E-state index >= 15 is 0 Å². The number of hydrogen-bond acceptors (Lipinski definition) is 3. The summed E-state index contributed by atoms with van der Waals surface area (Å²) >= 11 is 0. The summed E-state index contributed by atoms with van der Waals surface area (Å²) in [5, 5.41) is 0. The Morgan fingerprint density at radius 1 is 1.50 bits per heavy atom. The van der Waals surface area contributed by atoms with E-state index in [0.29, 0.717) is 6.54 Å². The highest BCUT2D eigenvalue weighted by atomic mass is 16.6. The Morgan fingerprint density at radius 2 is 2.22 bits per heavy atom. The van der Waals surface area contributed by atoms with E-state index in [2.05, 4.69) is 18.0 Å². The van der Waals surface area contributed by atoms with Gasteiger partial charge in [0.05, 0.1) is 11.9 Å². The van der Waals surface area contributed by atoms with E-state index in [1.54, 1.807) is 11.1 Å². The minimum atomic E-state index is -0.462. The molecular formula is C14H20N2O2. The lowest BCUT2D eigenvalue weighted by molar-refractivity contribution is 0.0584. The third-order valence-corrected chi connectivity index (χ3v) is 2.89. The molecular weight excluding hydrogens is 228 g/mol. The molecule has 4 nitrogen and oxygen atoms in total. The van der Waals surface area contributed by atoms with Crippen LogP contribution in [-0.4, -0.2) is 23.2 Å². The van der Waals surface area contributed by atoms with Crippen molar-refractivity contribution >= 4 is 11.8 Å². The zero-order valence-corrected chi connectivity index (χ0v) is 11.5. The number of carbonyl (C=O) groups is 1. The van der Waals surface area contributed by atoms with Crippen LogP contribution in [0.2, 0.25) is 0 Å². The Hall–Kier alpha value is -1.58. The van der Waals surface area contributed by atoms with Crippen molar-refractivity contribution in [3.63, 3.8) is 0 Å². The van der Waals surface area contributed by atoms with Gasteiger partial charge in [0, 0.05) is 12.2 Å². The molecule has 0 saturated heterocycles. The second kappa shape index (κ2) is 4.59. The molecule has 0 atom stereocenters. The van der Waals surface area contributed by atoms with Crippen LogP contribution in [0.25, 0.3) is 0 Å². The number of hydrogen-bond donors (Lipinski definition) is 0. The van der Waals surface area contributed by atoms with Crippen molar-refractivity contribution in [3.8, 4) is 0 Å². The van der Waals surface area contributed by atoms with Crippen LogP contribution in [0, 0.1) is 0 Å². The molecule has 0 spiro atoms. The van der Waals surface area contributed by atoms with Crippen molar-refractivity contribution < 1.29 is 9.53 Å². The molecule has 1 amide bonds. The quantitative estimate of drug-likeness (QED) is 0.767. The molecule has 0 radical (unpaired) electrons. The maximum atomic E-state index is 12.1. The van der Waals surface area contributed by atoms with Crippen molar-refractivity contribution in [2.45, 2.75) is 46.1 Å². The van der Waals surface area contributed by atoms with E-state index in [-0.39, 0.29) is 6.09 Å². The van der Waals surface area contributed by atoms with Crippen LogP contribution in [0.1, 0.15) is 39.0 Å². The number of carbonyl (C=O) groups excluding carboxylic acids is 1. The van der Waals surface area contributed by atoms with E-state index in [4.69, 9.17) is 4.74 Å². The predicted octanol–water partition coefficient (Wildman–Crippen LogP) is 2.94. The smallest absolute Gasteiger partial charge is 0.414 e. The van der Waals surface area contributed by atoms with Crippen molar-refractivity contribution in [2.75, 3.05) is 11.4 Å². The van der Waals surface area contributed by atoms with E-state index in [9.17, 15) is 4.79 Å². The lowest BCUT2D eigenvalue weighted by atomic mass is 10.1. The fraction of sp³-hybridized carbons (Fsp3) is 0.571. The largest absolute Gasteiger partial charge is 0.443 e. The second-order valence-electron chi connectivity index (χ2n) is 5.54. The number of pyridine rings is 1. The van der Waals surface area contributed by atoms with Crippen LogP contribution < -0.4 is 4.90 Å². The third-order valence-electron chi connectivity index (χ3n) is 2.89. The molecule has 1 aromatic heterocycles. The SMILES string of the molecule is CCc1cc2c(cn1)N(C(=O)OC(C)(C)C)CC2. The highest BCUT2D eigenvalue weighted by Gasteiger charge is 2.29. The Balaban J connectivity index is 2.19. The van der Waals surface area contributed by atoms with Crippen molar-refractivity contribution in [3.05, 3.63) is 23.5 Å². The Labute approximate surface area is 108 Å². The van der Waals surface area contributed by atoms with Gasteiger partial charge in [0.2, 0.25) is 0 Å². The predicted molar refractivity (Wildman–Crippen MR) is 70.9 cm³/mol. The fourth-order valence-corrected chi connectivity index (χ4v) is 2.04. The molecule has 0 unspecified atom stereocenters. The second-order valence-corrected chi connectivity index (χ2v) is 5.54. The molecule has 18 heavy (non-hydrogen) atoms. The van der Waals surface area contributed by atoms with Crippen LogP contribution in [0.3, 0.4) is 0 Å². The van der Waals surface area contributed by atoms with Gasteiger partial charge in [-0.15, -0.1) is 0 Å². The van der Waals surface area contributed by atoms with Crippen molar-refractivity contribution in [2.24, 2.45) is 0 Å². The van der Waals surface area contributed by atoms with Gasteiger partial charge in [-0.25, -0.2) is 4.79 Å². The van der Waals surface area contributed by atoms with Gasteiger partial charge in [-0.3, -0.25) is 9.88 Å². The van der Waals surface area contributed by atoms with Crippen molar-refractivity contribution in [1.82, 2.24) is 4.98 Å². The fourth-order valence-electron chi connectivity index (χ4n) is 2.04. The van der Waals surface area contributed by atoms with E-state index in [1.165, 1.54) is 5.56 Å². The van der Waals surface area contributed by atoms with Crippen LogP contribution in [0.15, 0.2) is 12.3 Å². The zero-order chi connectivity index (χ0) is 13.3. The van der Waals surface area contributed by atoms with E-state index < -0.39 is 5.60 Å². The summed E-state index contributed by atoms with van der Waals surface area (Å²) in [6.07, 6.45) is 3.29. The summed E-state index contributed by atoms with van der Waals surface area (Å²) in [5.41, 5.74) is 2.69. The van der Waals surface area contributed by atoms with Gasteiger partial charge >= 0.3 is 6.09 Å². The molecule has 0 aromatic carbocycles. The first kappa shape index (κ1) is 12.9. The normalized spacial score (nSPS) is 14.6. The lowest BCUT2D eigenvalue weighted by Crippen LogP contribution is -2.35. The highest BCUT2D eigenvalue weighted by Crippen LogP contribution is 2.29. The first-order chi connectivity index (χ1) is 8.40. The Morgan fingerprint density at radius 3 is 2.83 bits per heavy atom. The van der Waals surface area contributed by atoms with Crippen LogP contribution in [-0.2, 0) is 17.6 Å². The van der Waals surface area contributed by atoms with Gasteiger partial charge in [-0.2, -0.15) is 0 Å². The van der Waals surface area contributed by atoms with Gasteiger partial charge in [0.1, 0.15) is 5.60 Å². The van der Waals surface area contributed by atoms with Gasteiger partial charge < -0.3 is 4.74 Å². The minimum Gasteiger partial charge on any atom is -0.443 e. The van der Waals surface area contributed by atoms with Gasteiger partial charge in [-0.05, 0) is 45.2 Å². The molecule has 2 heterocycles. The molecule has 0 N–H and O–H groups in total. The molecule has 0 fully saturated rings. The average Bonchev–Trinajstić information content (AvgIpc) is 2.69. The third kappa shape index (κ3) is 2.63. The van der Waals surface area contributed by atoms with E-state index in [0.717, 1.165) is 24.2 Å². The molecule has 98 valence electrons. The molecule has 0 saturated carbocycles. The summed E-state index contributed by atoms with van der Waals surface area (Å²) < 4.78 is 5.39. The standard InChI is InChI=1S/C14H20N2O2/c1-5-11-8-10-6-7-16(12(10)9-15-11)13(17)18-14(2,3)4/h8-9H,5-7H2,1-4H3. The Kier molecular flexibility index (Phi) is 3.28. The zero-order valence-electron chi connectivity index (χ0n) is 11.5. The number of aryl methyl sites for hydroxylation is 1. The van der Waals surface area contributed by atoms with Gasteiger partial charge in [0.25, 0.3) is 0 Å². The summed E-state index contributed by atoms with van der Waals surface area (Å²) in [4.78, 5) is 18.1. The van der Waals surface area contributed by atoms with Gasteiger partial charge in [-0.1, -0.05) is 6.92 Å². The number of ether oxygens (including phenoxy) is 1. The minimum absolute atomic E-state index is 0.285. The first-order valence-electron chi connectivity index (χ1n) is 6.39. The maximum absolute atomic E-state index is 12.1. The summed E-state index contributed by atoms with van der Waals surface area (Å²) in [6.45, 7) is 8.38. The average molecular weight is 248 g/mol. The lowest BCUT2D eigenvalue weighted by Gasteiger charge is -2.24. The molecule has 0 aliphatic carbocycles. The molecule has 1 aliphatic rings. The van der Waals surface area contributed by atoms with Crippen LogP contribution in [0.5, 0.6) is 0 Å². The number of amides is 1. The van der Waals surface area contributed by atoms with E-state index in [1.807, 2.05) is 20.8 Å². The summed E-state index contributed by atoms with van der Waals surface area (Å²) in [5.74, 6) is 0. The molecule has 1 aliphatic heterocycles. The molecule has 4 heteroatoms. The van der Waals surface area contributed by atoms with Crippen LogP contribution in [0.4, 0.5) is 10.5 Å². The number of fused-ring (bicyclic) bond motifs is 1. The number of rotatable bonds is 1. The first-order valence-corrected chi connectivity index (χ1v) is 6.39. The molecule has 1 aromatic rings. The molecule has 2 rings (SSSR count). The topological polar surface area (TPSA) is 42.4 Å². The highest BCUT2D eigenvalue weighted by molar-refractivity contribution is 5.90. The van der Waals surface area contributed by atoms with Crippen LogP contribution >= 0.6 is 0 Å². The number of anilines is 1. The summed E-state index contributed by atoms with van der Waals surface area (Å²) in [6, 6.07) is 2.08. The number of aromatic nitrogens is 1. The van der Waals surface area contributed by atoms with Crippen molar-refractivity contribution in [1.29, 1.82) is 0 Å². The monoisotopic (exact) mass is 248 g/mol. The maximum Gasteiger partial charge on any atom is 0.414 e. The Bertz CT molecular complexity index is 463.